The number of hydrogen-bond donors (Lipinski definition) is 1. The summed E-state index contributed by atoms with van der Waals surface area (Å²) in [5, 5.41) is 7.84. The molecule has 0 fully saturated rings. The van der Waals surface area contributed by atoms with E-state index in [4.69, 9.17) is 0 Å². The Hall–Kier alpha value is -1.61. The van der Waals surface area contributed by atoms with Crippen LogP contribution in [0.4, 0.5) is 0 Å². The van der Waals surface area contributed by atoms with Crippen LogP contribution in [0.5, 0.6) is 0 Å². The summed E-state index contributed by atoms with van der Waals surface area (Å²) in [6, 6.07) is 9.33. The van der Waals surface area contributed by atoms with Crippen LogP contribution >= 0.6 is 0 Å². The van der Waals surface area contributed by atoms with Crippen LogP contribution in [0.15, 0.2) is 36.7 Å². The second-order valence-electron chi connectivity index (χ2n) is 5.51. The smallest absolute Gasteiger partial charge is 0.0522 e. The average molecular weight is 271 g/mol. The van der Waals surface area contributed by atoms with Gasteiger partial charge in [0.05, 0.1) is 6.20 Å². The van der Waals surface area contributed by atoms with E-state index in [-0.39, 0.29) is 0 Å². The third kappa shape index (κ3) is 4.49. The molecule has 0 amide bonds. The predicted molar refractivity (Wildman–Crippen MR) is 83.9 cm³/mol. The van der Waals surface area contributed by atoms with Crippen LogP contribution in [0.25, 0.3) is 0 Å². The first kappa shape index (κ1) is 14.8. The molecule has 2 aromatic rings. The summed E-state index contributed by atoms with van der Waals surface area (Å²) >= 11 is 0. The molecule has 3 nitrogen and oxygen atoms in total. The number of rotatable bonds is 7. The van der Waals surface area contributed by atoms with E-state index in [1.54, 1.807) is 0 Å². The number of likely N-dealkylation sites (N-methyl/N-ethyl adjacent to an activating group) is 1. The van der Waals surface area contributed by atoms with Crippen LogP contribution in [0, 0.1) is 6.92 Å². The van der Waals surface area contributed by atoms with E-state index >= 15 is 0 Å². The second kappa shape index (κ2) is 7.25. The topological polar surface area (TPSA) is 29.9 Å². The molecule has 1 atom stereocenters. The Morgan fingerprint density at radius 2 is 2.15 bits per heavy atom. The van der Waals surface area contributed by atoms with Gasteiger partial charge in [-0.05, 0) is 43.9 Å². The molecule has 0 saturated carbocycles. The van der Waals surface area contributed by atoms with Crippen molar-refractivity contribution in [1.82, 2.24) is 15.1 Å². The first-order chi connectivity index (χ1) is 9.67. The lowest BCUT2D eigenvalue weighted by Gasteiger charge is -2.17. The van der Waals surface area contributed by atoms with E-state index in [1.165, 1.54) is 16.7 Å². The van der Waals surface area contributed by atoms with Crippen molar-refractivity contribution in [3.63, 3.8) is 0 Å². The molecule has 108 valence electrons. The molecule has 3 heteroatoms. The highest BCUT2D eigenvalue weighted by molar-refractivity contribution is 5.22. The molecule has 2 rings (SSSR count). The fraction of sp³-hybridized carbons (Fsp3) is 0.471. The van der Waals surface area contributed by atoms with Gasteiger partial charge < -0.3 is 5.32 Å². The van der Waals surface area contributed by atoms with E-state index < -0.39 is 0 Å². The van der Waals surface area contributed by atoms with Gasteiger partial charge >= 0.3 is 0 Å². The highest BCUT2D eigenvalue weighted by Crippen LogP contribution is 2.11. The minimum absolute atomic E-state index is 0.518. The van der Waals surface area contributed by atoms with Gasteiger partial charge in [0.2, 0.25) is 0 Å². The maximum absolute atomic E-state index is 4.25. The third-order valence-electron chi connectivity index (χ3n) is 3.60. The zero-order valence-corrected chi connectivity index (χ0v) is 12.8. The van der Waals surface area contributed by atoms with Crippen LogP contribution in [0.3, 0.4) is 0 Å². The molecule has 0 saturated heterocycles. The Kier molecular flexibility index (Phi) is 5.36. The van der Waals surface area contributed by atoms with Crippen LogP contribution in [0.2, 0.25) is 0 Å². The van der Waals surface area contributed by atoms with E-state index in [0.29, 0.717) is 6.04 Å². The minimum Gasteiger partial charge on any atom is -0.314 e. The highest BCUT2D eigenvalue weighted by Gasteiger charge is 2.10. The lowest BCUT2D eigenvalue weighted by Crippen LogP contribution is -2.31. The summed E-state index contributed by atoms with van der Waals surface area (Å²) in [5.74, 6) is 0. The van der Waals surface area contributed by atoms with Crippen molar-refractivity contribution >= 4 is 0 Å². The van der Waals surface area contributed by atoms with Crippen LogP contribution in [0.1, 0.15) is 30.0 Å². The number of nitrogens with zero attached hydrogens (tertiary/aromatic N) is 2. The van der Waals surface area contributed by atoms with Gasteiger partial charge in [0.25, 0.3) is 0 Å². The quantitative estimate of drug-likeness (QED) is 0.839. The Labute approximate surface area is 122 Å². The van der Waals surface area contributed by atoms with Crippen molar-refractivity contribution in [2.24, 2.45) is 7.05 Å². The molecule has 0 bridgehead atoms. The van der Waals surface area contributed by atoms with Crippen molar-refractivity contribution in [1.29, 1.82) is 0 Å². The van der Waals surface area contributed by atoms with Gasteiger partial charge in [-0.3, -0.25) is 4.68 Å². The van der Waals surface area contributed by atoms with Crippen molar-refractivity contribution in [2.45, 2.75) is 39.2 Å². The maximum atomic E-state index is 4.25. The average Bonchev–Trinajstić information content (AvgIpc) is 2.82. The van der Waals surface area contributed by atoms with Gasteiger partial charge in [-0.1, -0.05) is 36.8 Å². The Morgan fingerprint density at radius 3 is 2.80 bits per heavy atom. The highest BCUT2D eigenvalue weighted by atomic mass is 15.2. The van der Waals surface area contributed by atoms with Crippen LogP contribution in [-0.4, -0.2) is 22.4 Å². The molecular formula is C17H25N3. The van der Waals surface area contributed by atoms with E-state index in [9.17, 15) is 0 Å². The summed E-state index contributed by atoms with van der Waals surface area (Å²) in [5.41, 5.74) is 4.08. The number of aryl methyl sites for hydroxylation is 3. The SMILES string of the molecule is CCNC(CCc1cccc(C)c1)Cc1cnn(C)c1. The lowest BCUT2D eigenvalue weighted by atomic mass is 9.99. The molecule has 1 aromatic carbocycles. The van der Waals surface area contributed by atoms with Crippen molar-refractivity contribution in [3.05, 3.63) is 53.3 Å². The molecular weight excluding hydrogens is 246 g/mol. The van der Waals surface area contributed by atoms with Gasteiger partial charge in [0.1, 0.15) is 0 Å². The zero-order chi connectivity index (χ0) is 14.4. The molecule has 0 radical (unpaired) electrons. The molecule has 0 aliphatic rings. The number of aromatic nitrogens is 2. The van der Waals surface area contributed by atoms with Gasteiger partial charge in [0, 0.05) is 19.3 Å². The molecule has 1 aromatic heterocycles. The summed E-state index contributed by atoms with van der Waals surface area (Å²) in [6.45, 7) is 5.34. The van der Waals surface area contributed by atoms with Gasteiger partial charge in [-0.15, -0.1) is 0 Å². The monoisotopic (exact) mass is 271 g/mol. The lowest BCUT2D eigenvalue weighted by molar-refractivity contribution is 0.491. The molecule has 0 spiro atoms. The minimum atomic E-state index is 0.518. The molecule has 20 heavy (non-hydrogen) atoms. The summed E-state index contributed by atoms with van der Waals surface area (Å²) in [4.78, 5) is 0. The van der Waals surface area contributed by atoms with Gasteiger partial charge in [-0.2, -0.15) is 5.10 Å². The first-order valence-corrected chi connectivity index (χ1v) is 7.44. The Balaban J connectivity index is 1.91. The standard InChI is InChI=1S/C17H25N3/c1-4-18-17(11-16-12-19-20(3)13-16)9-8-15-7-5-6-14(2)10-15/h5-7,10,12-13,17-18H,4,8-9,11H2,1-3H3. The normalized spacial score (nSPS) is 12.6. The molecule has 0 aliphatic heterocycles. The zero-order valence-electron chi connectivity index (χ0n) is 12.8. The fourth-order valence-corrected chi connectivity index (χ4v) is 2.64. The Morgan fingerprint density at radius 1 is 1.30 bits per heavy atom. The number of hydrogen-bond acceptors (Lipinski definition) is 2. The van der Waals surface area contributed by atoms with Crippen LogP contribution in [-0.2, 0) is 19.9 Å². The fourth-order valence-electron chi connectivity index (χ4n) is 2.64. The molecule has 1 unspecified atom stereocenters. The van der Waals surface area contributed by atoms with Gasteiger partial charge in [0.15, 0.2) is 0 Å². The van der Waals surface area contributed by atoms with Crippen molar-refractivity contribution in [2.75, 3.05) is 6.54 Å². The number of benzene rings is 1. The van der Waals surface area contributed by atoms with E-state index in [1.807, 2.05) is 17.9 Å². The van der Waals surface area contributed by atoms with Crippen molar-refractivity contribution < 1.29 is 0 Å². The van der Waals surface area contributed by atoms with E-state index in [0.717, 1.165) is 25.8 Å². The predicted octanol–water partition coefficient (Wildman–Crippen LogP) is 2.88. The molecule has 1 heterocycles. The van der Waals surface area contributed by atoms with Gasteiger partial charge in [-0.25, -0.2) is 0 Å². The number of nitrogens with one attached hydrogen (secondary N) is 1. The van der Waals surface area contributed by atoms with Crippen molar-refractivity contribution in [3.8, 4) is 0 Å². The summed E-state index contributed by atoms with van der Waals surface area (Å²) in [7, 11) is 1.97. The third-order valence-corrected chi connectivity index (χ3v) is 3.60. The van der Waals surface area contributed by atoms with E-state index in [2.05, 4.69) is 54.7 Å². The van der Waals surface area contributed by atoms with Crippen LogP contribution < -0.4 is 5.32 Å². The largest absolute Gasteiger partial charge is 0.314 e. The molecule has 0 aliphatic carbocycles. The Bertz CT molecular complexity index is 531. The maximum Gasteiger partial charge on any atom is 0.0522 e. The summed E-state index contributed by atoms with van der Waals surface area (Å²) in [6.07, 6.45) is 7.41. The first-order valence-electron chi connectivity index (χ1n) is 7.44. The second-order valence-corrected chi connectivity index (χ2v) is 5.51. The summed E-state index contributed by atoms with van der Waals surface area (Å²) < 4.78 is 1.87. The molecule has 1 N–H and O–H groups in total.